The van der Waals surface area contributed by atoms with Crippen molar-refractivity contribution < 1.29 is 19.1 Å². The lowest BCUT2D eigenvalue weighted by Gasteiger charge is -2.17. The highest BCUT2D eigenvalue weighted by atomic mass is 35.5. The van der Waals surface area contributed by atoms with Crippen LogP contribution < -0.4 is 19.7 Å². The highest BCUT2D eigenvalue weighted by molar-refractivity contribution is 6.32. The van der Waals surface area contributed by atoms with Gasteiger partial charge in [0.15, 0.2) is 0 Å². The first kappa shape index (κ1) is 21.0. The lowest BCUT2D eigenvalue weighted by atomic mass is 10.2. The molecule has 0 spiro atoms. The Balaban J connectivity index is 1.46. The molecule has 1 aliphatic heterocycles. The normalized spacial score (nSPS) is 15.8. The number of rotatable bonds is 6. The van der Waals surface area contributed by atoms with E-state index in [1.165, 1.54) is 4.90 Å². The summed E-state index contributed by atoms with van der Waals surface area (Å²) >= 11 is 12.2. The van der Waals surface area contributed by atoms with Crippen LogP contribution in [-0.2, 0) is 9.59 Å². The summed E-state index contributed by atoms with van der Waals surface area (Å²) in [6.07, 6.45) is 0.0471. The number of hydrogen-bond donors (Lipinski definition) is 1. The molecule has 1 aliphatic rings. The number of carbonyl (C=O) groups excluding carboxylic acids is 2. The molecule has 3 aromatic rings. The largest absolute Gasteiger partial charge is 0.497 e. The van der Waals surface area contributed by atoms with E-state index in [0.717, 1.165) is 0 Å². The van der Waals surface area contributed by atoms with Crippen LogP contribution in [0.15, 0.2) is 66.7 Å². The number of nitrogens with one attached hydrogen (secondary N) is 1. The Kier molecular flexibility index (Phi) is 6.02. The molecule has 8 heteroatoms. The number of benzene rings is 3. The van der Waals surface area contributed by atoms with E-state index in [2.05, 4.69) is 5.32 Å². The second kappa shape index (κ2) is 8.88. The maximum absolute atomic E-state index is 12.8. The first-order valence-electron chi connectivity index (χ1n) is 9.45. The molecule has 158 valence electrons. The van der Waals surface area contributed by atoms with Crippen molar-refractivity contribution in [3.8, 4) is 17.2 Å². The summed E-state index contributed by atoms with van der Waals surface area (Å²) in [6.45, 7) is 0. The molecule has 1 saturated heterocycles. The van der Waals surface area contributed by atoms with Crippen LogP contribution in [0.25, 0.3) is 0 Å². The Hall–Kier alpha value is -3.22. The summed E-state index contributed by atoms with van der Waals surface area (Å²) in [7, 11) is 1.55. The molecule has 1 fully saturated rings. The maximum Gasteiger partial charge on any atom is 0.256 e. The van der Waals surface area contributed by atoms with E-state index in [0.29, 0.717) is 38.7 Å². The van der Waals surface area contributed by atoms with E-state index in [1.54, 1.807) is 73.8 Å². The molecule has 31 heavy (non-hydrogen) atoms. The highest BCUT2D eigenvalue weighted by Gasteiger charge is 2.39. The summed E-state index contributed by atoms with van der Waals surface area (Å²) in [6, 6.07) is 18.1. The third kappa shape index (κ3) is 4.60. The molecule has 0 saturated carbocycles. The van der Waals surface area contributed by atoms with Crippen LogP contribution >= 0.6 is 23.2 Å². The molecule has 6 nitrogen and oxygen atoms in total. The molecule has 0 bridgehead atoms. The van der Waals surface area contributed by atoms with Crippen molar-refractivity contribution in [3.05, 3.63) is 76.8 Å². The Bertz CT molecular complexity index is 1120. The minimum Gasteiger partial charge on any atom is -0.497 e. The number of halogens is 2. The van der Waals surface area contributed by atoms with E-state index in [1.807, 2.05) is 0 Å². The standard InChI is InChI=1S/C23H18Cl2N2O4/c1-30-17-9-5-16(6-10-17)27-22(28)13-20(23(27)29)26-15-4-11-21(19(25)12-15)31-18-7-2-14(24)3-8-18/h2-12,20,26H,13H2,1H3. The van der Waals surface area contributed by atoms with E-state index in [-0.39, 0.29) is 18.2 Å². The first-order chi connectivity index (χ1) is 14.9. The van der Waals surface area contributed by atoms with E-state index >= 15 is 0 Å². The summed E-state index contributed by atoms with van der Waals surface area (Å²) in [5, 5.41) is 4.06. The summed E-state index contributed by atoms with van der Waals surface area (Å²) in [5.74, 6) is 1.10. The van der Waals surface area contributed by atoms with Crippen molar-refractivity contribution in [1.82, 2.24) is 0 Å². The minimum absolute atomic E-state index is 0.0471. The zero-order valence-corrected chi connectivity index (χ0v) is 18.0. The SMILES string of the molecule is COc1ccc(N2C(=O)CC(Nc3ccc(Oc4ccc(Cl)cc4)c(Cl)c3)C2=O)cc1. The summed E-state index contributed by atoms with van der Waals surface area (Å²) in [5.41, 5.74) is 1.11. The number of carbonyl (C=O) groups is 2. The monoisotopic (exact) mass is 456 g/mol. The fraction of sp³-hybridized carbons (Fsp3) is 0.130. The second-order valence-corrected chi connectivity index (χ2v) is 7.71. The predicted molar refractivity (Wildman–Crippen MR) is 120 cm³/mol. The number of amides is 2. The van der Waals surface area contributed by atoms with Gasteiger partial charge in [0.05, 0.1) is 24.2 Å². The molecule has 1 atom stereocenters. The van der Waals surface area contributed by atoms with Crippen LogP contribution in [0, 0.1) is 0 Å². The molecule has 4 rings (SSSR count). The van der Waals surface area contributed by atoms with Gasteiger partial charge in [-0.05, 0) is 66.7 Å². The zero-order valence-electron chi connectivity index (χ0n) is 16.5. The van der Waals surface area contributed by atoms with Gasteiger partial charge >= 0.3 is 0 Å². The molecular weight excluding hydrogens is 439 g/mol. The van der Waals surface area contributed by atoms with Gasteiger partial charge in [-0.25, -0.2) is 4.90 Å². The average molecular weight is 457 g/mol. The van der Waals surface area contributed by atoms with Gasteiger partial charge in [0.25, 0.3) is 5.91 Å². The van der Waals surface area contributed by atoms with Crippen molar-refractivity contribution in [2.24, 2.45) is 0 Å². The van der Waals surface area contributed by atoms with Gasteiger partial charge in [0, 0.05) is 10.7 Å². The van der Waals surface area contributed by atoms with Gasteiger partial charge in [0.1, 0.15) is 23.3 Å². The number of nitrogens with zero attached hydrogens (tertiary/aromatic N) is 1. The van der Waals surface area contributed by atoms with E-state index < -0.39 is 6.04 Å². The maximum atomic E-state index is 12.8. The molecule has 3 aromatic carbocycles. The highest BCUT2D eigenvalue weighted by Crippen LogP contribution is 2.33. The van der Waals surface area contributed by atoms with Crippen LogP contribution in [0.2, 0.25) is 10.0 Å². The zero-order chi connectivity index (χ0) is 22.0. The van der Waals surface area contributed by atoms with Crippen LogP contribution in [0.5, 0.6) is 17.2 Å². The van der Waals surface area contributed by atoms with Crippen molar-refractivity contribution >= 4 is 46.4 Å². The van der Waals surface area contributed by atoms with Gasteiger partial charge in [0.2, 0.25) is 5.91 Å². The molecule has 1 N–H and O–H groups in total. The van der Waals surface area contributed by atoms with Gasteiger partial charge in [-0.15, -0.1) is 0 Å². The number of anilines is 2. The van der Waals surface area contributed by atoms with Gasteiger partial charge < -0.3 is 14.8 Å². The van der Waals surface area contributed by atoms with Crippen LogP contribution in [0.4, 0.5) is 11.4 Å². The van der Waals surface area contributed by atoms with Crippen LogP contribution in [0.1, 0.15) is 6.42 Å². The van der Waals surface area contributed by atoms with E-state index in [4.69, 9.17) is 32.7 Å². The minimum atomic E-state index is -0.686. The van der Waals surface area contributed by atoms with Gasteiger partial charge in [-0.3, -0.25) is 9.59 Å². The Labute approximate surface area is 189 Å². The van der Waals surface area contributed by atoms with Crippen molar-refractivity contribution in [1.29, 1.82) is 0 Å². The van der Waals surface area contributed by atoms with Crippen molar-refractivity contribution in [2.75, 3.05) is 17.3 Å². The summed E-state index contributed by atoms with van der Waals surface area (Å²) in [4.78, 5) is 26.5. The first-order valence-corrected chi connectivity index (χ1v) is 10.2. The number of hydrogen-bond acceptors (Lipinski definition) is 5. The fourth-order valence-electron chi connectivity index (χ4n) is 3.25. The molecule has 0 aromatic heterocycles. The predicted octanol–water partition coefficient (Wildman–Crippen LogP) is 5.54. The van der Waals surface area contributed by atoms with E-state index in [9.17, 15) is 9.59 Å². The Morgan fingerprint density at radius 1 is 0.935 bits per heavy atom. The topological polar surface area (TPSA) is 67.9 Å². The average Bonchev–Trinajstić information content (AvgIpc) is 3.04. The Morgan fingerprint density at radius 3 is 2.26 bits per heavy atom. The molecule has 1 heterocycles. The molecule has 0 aliphatic carbocycles. The number of ether oxygens (including phenoxy) is 2. The quantitative estimate of drug-likeness (QED) is 0.493. The van der Waals surface area contributed by atoms with Crippen LogP contribution in [-0.4, -0.2) is 25.0 Å². The second-order valence-electron chi connectivity index (χ2n) is 6.87. The third-order valence-corrected chi connectivity index (χ3v) is 5.34. The third-order valence-electron chi connectivity index (χ3n) is 4.79. The molecule has 2 amide bonds. The van der Waals surface area contributed by atoms with Crippen LogP contribution in [0.3, 0.4) is 0 Å². The molecular formula is C23H18Cl2N2O4. The smallest absolute Gasteiger partial charge is 0.256 e. The number of methoxy groups -OCH3 is 1. The lowest BCUT2D eigenvalue weighted by molar-refractivity contribution is -0.121. The van der Waals surface area contributed by atoms with Crippen molar-refractivity contribution in [3.63, 3.8) is 0 Å². The lowest BCUT2D eigenvalue weighted by Crippen LogP contribution is -2.34. The number of imide groups is 1. The van der Waals surface area contributed by atoms with Crippen molar-refractivity contribution in [2.45, 2.75) is 12.5 Å². The molecule has 0 radical (unpaired) electrons. The van der Waals surface area contributed by atoms with Gasteiger partial charge in [-0.2, -0.15) is 0 Å². The van der Waals surface area contributed by atoms with Gasteiger partial charge in [-0.1, -0.05) is 23.2 Å². The fourth-order valence-corrected chi connectivity index (χ4v) is 3.60. The summed E-state index contributed by atoms with van der Waals surface area (Å²) < 4.78 is 10.9. The Morgan fingerprint density at radius 2 is 1.61 bits per heavy atom. The molecule has 1 unspecified atom stereocenters.